The minimum atomic E-state index is -0.851. The average Bonchev–Trinajstić information content (AvgIpc) is 3.90. The number of hydrogen-bond donors (Lipinski definition) is 2. The molecule has 2 heterocycles. The molecule has 57 heavy (non-hydrogen) atoms. The monoisotopic (exact) mass is 828 g/mol. The van der Waals surface area contributed by atoms with Crippen LogP contribution in [0.25, 0.3) is 0 Å². The summed E-state index contributed by atoms with van der Waals surface area (Å²) in [6.07, 6.45) is 3.96. The number of thiazole rings is 1. The van der Waals surface area contributed by atoms with Crippen LogP contribution in [-0.4, -0.2) is 120 Å². The van der Waals surface area contributed by atoms with Crippen LogP contribution in [0.1, 0.15) is 97.7 Å². The molecular weight excluding hydrogens is 761 g/mol. The van der Waals surface area contributed by atoms with Gasteiger partial charge in [0.25, 0.3) is 0 Å². The van der Waals surface area contributed by atoms with Crippen molar-refractivity contribution >= 4 is 52.2 Å². The predicted octanol–water partition coefficient (Wildman–Crippen LogP) is 5.91. The maximum Gasteiger partial charge on any atom is 0.245 e. The van der Waals surface area contributed by atoms with Gasteiger partial charge in [0.2, 0.25) is 23.6 Å². The van der Waals surface area contributed by atoms with Gasteiger partial charge in [-0.15, -0.1) is 11.3 Å². The van der Waals surface area contributed by atoms with E-state index in [1.807, 2.05) is 63.1 Å². The molecule has 3 rings (SSSR count). The van der Waals surface area contributed by atoms with Crippen LogP contribution in [0, 0.1) is 23.7 Å². The van der Waals surface area contributed by atoms with Crippen LogP contribution < -0.4 is 10.6 Å². The lowest BCUT2D eigenvalue weighted by molar-refractivity contribution is -0.148. The molecule has 2 N–H and O–H groups in total. The van der Waals surface area contributed by atoms with Gasteiger partial charge in [-0.1, -0.05) is 97.4 Å². The molecule has 4 amide bonds. The van der Waals surface area contributed by atoms with E-state index >= 15 is 0 Å². The number of aromatic nitrogens is 1. The summed E-state index contributed by atoms with van der Waals surface area (Å²) in [7, 11) is 6.58. The molecule has 14 heteroatoms. The van der Waals surface area contributed by atoms with E-state index in [9.17, 15) is 19.2 Å². The lowest BCUT2D eigenvalue weighted by Crippen LogP contribution is -2.60. The van der Waals surface area contributed by atoms with E-state index in [0.717, 1.165) is 30.7 Å². The van der Waals surface area contributed by atoms with Crippen molar-refractivity contribution in [2.24, 2.45) is 23.7 Å². The average molecular weight is 829 g/mol. The van der Waals surface area contributed by atoms with Crippen LogP contribution in [0.3, 0.4) is 0 Å². The lowest BCUT2D eigenvalue weighted by Gasteiger charge is -2.41. The van der Waals surface area contributed by atoms with Crippen LogP contribution in [-0.2, 0) is 35.1 Å². The van der Waals surface area contributed by atoms with E-state index in [4.69, 9.17) is 21.7 Å². The topological polar surface area (TPSA) is 133 Å². The molecule has 1 aliphatic rings. The number of benzene rings is 1. The van der Waals surface area contributed by atoms with Crippen LogP contribution in [0.2, 0.25) is 0 Å². The number of likely N-dealkylation sites (tertiary alicyclic amines) is 1. The maximum atomic E-state index is 14.4. The SMILES string of the molecule is CC[C@H](C)[C@@H]([C@@H](CC(=O)N1CCC[C@H]1[C@H](OC)[C@@H](C)C(=S)N[C@@H](Cc1ccccc1)c1nccs1)OC)N(C)C(=O)[C@@H](NC(=O)[C@H](C(C)C)N(C)C(C)=O)C(C)C. The highest BCUT2D eigenvalue weighted by atomic mass is 32.1. The Kier molecular flexibility index (Phi) is 19.0. The van der Waals surface area contributed by atoms with Crippen molar-refractivity contribution in [3.63, 3.8) is 0 Å². The molecular formula is C43H68N6O6S2. The Balaban J connectivity index is 1.80. The smallest absolute Gasteiger partial charge is 0.245 e. The van der Waals surface area contributed by atoms with E-state index < -0.39 is 24.2 Å². The number of likely N-dealkylation sites (N-methyl/N-ethyl adjacent to an activating group) is 2. The highest BCUT2D eigenvalue weighted by Crippen LogP contribution is 2.31. The van der Waals surface area contributed by atoms with Crippen molar-refractivity contribution in [1.29, 1.82) is 0 Å². The second-order valence-corrected chi connectivity index (χ2v) is 17.6. The highest BCUT2D eigenvalue weighted by Gasteiger charge is 2.43. The van der Waals surface area contributed by atoms with Crippen LogP contribution in [0.5, 0.6) is 0 Å². The molecule has 1 aromatic heterocycles. The van der Waals surface area contributed by atoms with Gasteiger partial charge in [0.15, 0.2) is 0 Å². The first kappa shape index (κ1) is 47.9. The van der Waals surface area contributed by atoms with Gasteiger partial charge in [0.1, 0.15) is 17.1 Å². The van der Waals surface area contributed by atoms with Crippen molar-refractivity contribution < 1.29 is 28.7 Å². The Morgan fingerprint density at radius 1 is 0.982 bits per heavy atom. The van der Waals surface area contributed by atoms with Gasteiger partial charge >= 0.3 is 0 Å². The molecule has 0 bridgehead atoms. The second kappa shape index (κ2) is 22.6. The van der Waals surface area contributed by atoms with Gasteiger partial charge in [0, 0.05) is 59.3 Å². The second-order valence-electron chi connectivity index (χ2n) is 16.3. The Bertz CT molecular complexity index is 1590. The van der Waals surface area contributed by atoms with Crippen molar-refractivity contribution in [3.8, 4) is 0 Å². The predicted molar refractivity (Wildman–Crippen MR) is 231 cm³/mol. The number of nitrogens with one attached hydrogen (secondary N) is 2. The molecule has 12 nitrogen and oxygen atoms in total. The molecule has 1 aromatic carbocycles. The van der Waals surface area contributed by atoms with E-state index in [2.05, 4.69) is 41.6 Å². The number of thiocarbonyl (C=S) groups is 1. The Morgan fingerprint density at radius 2 is 1.65 bits per heavy atom. The molecule has 9 atom stereocenters. The van der Waals surface area contributed by atoms with Gasteiger partial charge < -0.3 is 34.8 Å². The Labute approximate surface area is 350 Å². The molecule has 318 valence electrons. The standard InChI is InChI=1S/C43H68N6O6S2/c1-13-28(6)38(48(10)43(53)36(26(2)3)46-40(52)37(27(4)5)47(9)30(8)50)34(54-11)25-35(51)49-22-17-20-33(49)39(55-12)29(7)41(56)45-32(42-44-21-23-57-42)24-31-18-15-14-16-19-31/h14-16,18-19,21,23,26-29,32-34,36-39H,13,17,20,22,24-25H2,1-12H3,(H,45,56)(H,46,52)/t28-,29+,32-,33-,34+,36-,37-,38-,39+/m0/s1. The minimum Gasteiger partial charge on any atom is -0.379 e. The quantitative estimate of drug-likeness (QED) is 0.148. The first-order valence-electron chi connectivity index (χ1n) is 20.4. The van der Waals surface area contributed by atoms with Crippen molar-refractivity contribution in [2.45, 2.75) is 130 Å². The first-order valence-corrected chi connectivity index (χ1v) is 21.7. The molecule has 0 spiro atoms. The Hall–Kier alpha value is -3.46. The highest BCUT2D eigenvalue weighted by molar-refractivity contribution is 7.80. The minimum absolute atomic E-state index is 0.0290. The zero-order valence-electron chi connectivity index (χ0n) is 36.2. The number of hydrogen-bond acceptors (Lipinski definition) is 9. The maximum absolute atomic E-state index is 14.4. The number of amides is 4. The fraction of sp³-hybridized carbons (Fsp3) is 0.674. The molecule has 1 aliphatic heterocycles. The van der Waals surface area contributed by atoms with Gasteiger partial charge in [-0.25, -0.2) is 4.98 Å². The number of carbonyl (C=O) groups is 4. The largest absolute Gasteiger partial charge is 0.379 e. The summed E-state index contributed by atoms with van der Waals surface area (Å²) in [6.45, 7) is 15.7. The normalized spacial score (nSPS) is 18.6. The number of ether oxygens (including phenoxy) is 2. The summed E-state index contributed by atoms with van der Waals surface area (Å²) in [6, 6.07) is 7.90. The van der Waals surface area contributed by atoms with Gasteiger partial charge in [-0.05, 0) is 42.6 Å². The molecule has 1 saturated heterocycles. The Morgan fingerprint density at radius 3 is 2.18 bits per heavy atom. The van der Waals surface area contributed by atoms with Gasteiger partial charge in [0.05, 0.1) is 41.7 Å². The van der Waals surface area contributed by atoms with E-state index in [0.29, 0.717) is 11.5 Å². The zero-order chi connectivity index (χ0) is 42.6. The van der Waals surface area contributed by atoms with Gasteiger partial charge in [-0.2, -0.15) is 0 Å². The lowest BCUT2D eigenvalue weighted by atomic mass is 9.89. The fourth-order valence-corrected chi connectivity index (χ4v) is 9.12. The zero-order valence-corrected chi connectivity index (χ0v) is 37.8. The van der Waals surface area contributed by atoms with Crippen LogP contribution >= 0.6 is 23.6 Å². The number of nitrogens with zero attached hydrogens (tertiary/aromatic N) is 4. The van der Waals surface area contributed by atoms with E-state index in [1.54, 1.807) is 50.7 Å². The van der Waals surface area contributed by atoms with Crippen molar-refractivity contribution in [2.75, 3.05) is 34.9 Å². The van der Waals surface area contributed by atoms with E-state index in [-0.39, 0.29) is 71.9 Å². The first-order chi connectivity index (χ1) is 27.0. The summed E-state index contributed by atoms with van der Waals surface area (Å²) in [5, 5.41) is 9.48. The van der Waals surface area contributed by atoms with Crippen molar-refractivity contribution in [1.82, 2.24) is 30.3 Å². The molecule has 0 aliphatic carbocycles. The summed E-state index contributed by atoms with van der Waals surface area (Å²) in [4.78, 5) is 64.8. The third-order valence-electron chi connectivity index (χ3n) is 11.7. The number of carbonyl (C=O) groups excluding carboxylic acids is 4. The summed E-state index contributed by atoms with van der Waals surface area (Å²) < 4.78 is 12.2. The summed E-state index contributed by atoms with van der Waals surface area (Å²) in [5.41, 5.74) is 1.17. The number of methoxy groups -OCH3 is 2. The third kappa shape index (κ3) is 12.5. The number of rotatable bonds is 21. The van der Waals surface area contributed by atoms with Crippen molar-refractivity contribution in [3.05, 3.63) is 52.5 Å². The third-order valence-corrected chi connectivity index (χ3v) is 13.0. The molecule has 0 unspecified atom stereocenters. The molecule has 2 aromatic rings. The summed E-state index contributed by atoms with van der Waals surface area (Å²) >= 11 is 7.63. The van der Waals surface area contributed by atoms with E-state index in [1.165, 1.54) is 17.4 Å². The molecule has 1 fully saturated rings. The van der Waals surface area contributed by atoms with Crippen LogP contribution in [0.15, 0.2) is 41.9 Å². The fourth-order valence-electron chi connectivity index (χ4n) is 8.16. The molecule has 0 saturated carbocycles. The van der Waals surface area contributed by atoms with Crippen LogP contribution in [0.4, 0.5) is 0 Å². The summed E-state index contributed by atoms with van der Waals surface area (Å²) in [5.74, 6) is -1.60. The van der Waals surface area contributed by atoms with Gasteiger partial charge in [-0.3, -0.25) is 19.2 Å². The molecule has 0 radical (unpaired) electrons.